The number of nitrogens with two attached hydrogens (primary N) is 1. The van der Waals surface area contributed by atoms with E-state index in [1.54, 1.807) is 30.9 Å². The van der Waals surface area contributed by atoms with Gasteiger partial charge in [-0.25, -0.2) is 13.6 Å². The first-order valence-electron chi connectivity index (χ1n) is 12.8. The Balaban J connectivity index is 1.72. The molecule has 1 atom stereocenters. The van der Waals surface area contributed by atoms with E-state index < -0.39 is 35.5 Å². The summed E-state index contributed by atoms with van der Waals surface area (Å²) >= 11 is 0. The molecule has 3 aromatic rings. The first-order chi connectivity index (χ1) is 18.6. The minimum Gasteiger partial charge on any atom is -0.479 e. The molecule has 10 heteroatoms. The number of aliphatic carboxylic acids is 1. The number of carboxylic acids is 1. The van der Waals surface area contributed by atoms with E-state index in [9.17, 15) is 23.5 Å². The summed E-state index contributed by atoms with van der Waals surface area (Å²) in [5, 5.41) is 9.46. The smallest absolute Gasteiger partial charge is 0.344 e. The third-order valence-electron chi connectivity index (χ3n) is 6.34. The number of amides is 1. The van der Waals surface area contributed by atoms with Crippen molar-refractivity contribution in [3.05, 3.63) is 71.3 Å². The fraction of sp³-hybridized carbons (Fsp3) is 0.345. The molecule has 0 radical (unpaired) electrons. The first-order valence-corrected chi connectivity index (χ1v) is 12.8. The Morgan fingerprint density at radius 2 is 1.74 bits per heavy atom. The fourth-order valence-electron chi connectivity index (χ4n) is 4.39. The molecule has 4 rings (SSSR count). The van der Waals surface area contributed by atoms with E-state index in [0.717, 1.165) is 24.0 Å². The molecule has 2 heterocycles. The van der Waals surface area contributed by atoms with Crippen molar-refractivity contribution in [2.75, 3.05) is 13.1 Å². The Kier molecular flexibility index (Phi) is 8.75. The lowest BCUT2D eigenvalue weighted by Gasteiger charge is -2.18. The lowest BCUT2D eigenvalue weighted by molar-refractivity contribution is -0.146. The molecule has 1 aromatic heterocycles. The number of carbonyl (C=O) groups excluding carboxylic acids is 1. The second-order valence-corrected chi connectivity index (χ2v) is 9.89. The van der Waals surface area contributed by atoms with Gasteiger partial charge in [0.2, 0.25) is 0 Å². The van der Waals surface area contributed by atoms with Crippen LogP contribution in [0.15, 0.2) is 48.5 Å². The van der Waals surface area contributed by atoms with Crippen LogP contribution in [0.5, 0.6) is 17.5 Å². The molecule has 8 nitrogen and oxygen atoms in total. The van der Waals surface area contributed by atoms with Gasteiger partial charge in [-0.05, 0) is 66.1 Å². The molecule has 3 N–H and O–H groups in total. The third kappa shape index (κ3) is 6.88. The van der Waals surface area contributed by atoms with Gasteiger partial charge in [0.1, 0.15) is 5.75 Å². The van der Waals surface area contributed by atoms with Crippen molar-refractivity contribution in [3.63, 3.8) is 0 Å². The van der Waals surface area contributed by atoms with E-state index in [-0.39, 0.29) is 24.0 Å². The summed E-state index contributed by atoms with van der Waals surface area (Å²) in [6.07, 6.45) is 0.535. The number of pyridine rings is 1. The Hall–Kier alpha value is -4.05. The zero-order valence-corrected chi connectivity index (χ0v) is 21.8. The van der Waals surface area contributed by atoms with Crippen LogP contribution in [0.4, 0.5) is 8.78 Å². The van der Waals surface area contributed by atoms with Crippen molar-refractivity contribution in [3.8, 4) is 28.6 Å². The van der Waals surface area contributed by atoms with Crippen molar-refractivity contribution >= 4 is 11.9 Å². The zero-order chi connectivity index (χ0) is 28.1. The second kappa shape index (κ2) is 12.2. The molecular weight excluding hydrogens is 508 g/mol. The number of benzene rings is 2. The molecule has 0 aliphatic carbocycles. The van der Waals surface area contributed by atoms with E-state index in [2.05, 4.69) is 4.98 Å². The summed E-state index contributed by atoms with van der Waals surface area (Å²) < 4.78 is 40.3. The number of hydrogen-bond acceptors (Lipinski definition) is 6. The number of halogens is 2. The van der Waals surface area contributed by atoms with E-state index in [0.29, 0.717) is 36.8 Å². The van der Waals surface area contributed by atoms with Crippen LogP contribution in [0, 0.1) is 17.6 Å². The molecule has 1 aliphatic heterocycles. The van der Waals surface area contributed by atoms with Crippen LogP contribution in [0.2, 0.25) is 0 Å². The molecule has 206 valence electrons. The van der Waals surface area contributed by atoms with E-state index in [4.69, 9.17) is 15.2 Å². The quantitative estimate of drug-likeness (QED) is 0.355. The van der Waals surface area contributed by atoms with Gasteiger partial charge in [0.05, 0.1) is 0 Å². The van der Waals surface area contributed by atoms with E-state index >= 15 is 0 Å². The maximum absolute atomic E-state index is 14.8. The molecule has 0 bridgehead atoms. The van der Waals surface area contributed by atoms with Gasteiger partial charge in [-0.15, -0.1) is 0 Å². The van der Waals surface area contributed by atoms with Crippen LogP contribution < -0.4 is 15.2 Å². The monoisotopic (exact) mass is 539 g/mol. The summed E-state index contributed by atoms with van der Waals surface area (Å²) in [4.78, 5) is 30.4. The number of aromatic nitrogens is 1. The SMILES string of the molecule is CC(C)C[C@@H](Oc1nc(Oc2cc(C(=O)N3CCCC3)cc(-c3cccc(CN)c3)c2)c(F)cc1F)C(=O)O. The van der Waals surface area contributed by atoms with Crippen molar-refractivity contribution in [2.45, 2.75) is 45.8 Å². The van der Waals surface area contributed by atoms with E-state index in [1.165, 1.54) is 6.07 Å². The molecular formula is C29H31F2N3O5. The highest BCUT2D eigenvalue weighted by atomic mass is 19.1. The topological polar surface area (TPSA) is 115 Å². The number of likely N-dealkylation sites (tertiary alicyclic amines) is 1. The van der Waals surface area contributed by atoms with Crippen molar-refractivity contribution in [2.24, 2.45) is 11.7 Å². The van der Waals surface area contributed by atoms with Crippen LogP contribution in [0.3, 0.4) is 0 Å². The van der Waals surface area contributed by atoms with Gasteiger partial charge in [-0.3, -0.25) is 4.79 Å². The minimum absolute atomic E-state index is 0.0580. The van der Waals surface area contributed by atoms with Crippen molar-refractivity contribution in [1.82, 2.24) is 9.88 Å². The average molecular weight is 540 g/mol. The molecule has 0 unspecified atom stereocenters. The van der Waals surface area contributed by atoms with Crippen molar-refractivity contribution in [1.29, 1.82) is 0 Å². The predicted molar refractivity (Wildman–Crippen MR) is 141 cm³/mol. The van der Waals surface area contributed by atoms with Crippen molar-refractivity contribution < 1.29 is 33.0 Å². The lowest BCUT2D eigenvalue weighted by atomic mass is 10.00. The van der Waals surface area contributed by atoms with Gasteiger partial charge >= 0.3 is 5.97 Å². The summed E-state index contributed by atoms with van der Waals surface area (Å²) in [5.41, 5.74) is 8.42. The standard InChI is InChI=1S/C29H31F2N3O5/c1-17(2)10-25(29(36)37)39-27-24(31)15-23(30)26(33-27)38-22-13-20(19-7-5-6-18(11-19)16-32)12-21(14-22)28(35)34-8-3-4-9-34/h5-7,11-15,17,25H,3-4,8-10,16,32H2,1-2H3,(H,36,37)/t25-/m1/s1. The van der Waals surface area contributed by atoms with Gasteiger partial charge in [-0.1, -0.05) is 32.0 Å². The van der Waals surface area contributed by atoms with Gasteiger partial charge in [0.25, 0.3) is 17.7 Å². The molecule has 39 heavy (non-hydrogen) atoms. The number of hydrogen-bond donors (Lipinski definition) is 2. The third-order valence-corrected chi connectivity index (χ3v) is 6.34. The van der Waals surface area contributed by atoms with E-state index in [1.807, 2.05) is 24.3 Å². The minimum atomic E-state index is -1.38. The van der Waals surface area contributed by atoms with Gasteiger partial charge in [-0.2, -0.15) is 4.98 Å². The molecule has 0 saturated carbocycles. The number of nitrogens with zero attached hydrogens (tertiary/aromatic N) is 2. The highest BCUT2D eigenvalue weighted by molar-refractivity contribution is 5.96. The summed E-state index contributed by atoms with van der Waals surface area (Å²) in [5.74, 6) is -5.04. The number of rotatable bonds is 10. The maximum Gasteiger partial charge on any atom is 0.344 e. The van der Waals surface area contributed by atoms with Gasteiger partial charge in [0.15, 0.2) is 17.7 Å². The lowest BCUT2D eigenvalue weighted by Crippen LogP contribution is -2.29. The van der Waals surface area contributed by atoms with Crippen LogP contribution >= 0.6 is 0 Å². The second-order valence-electron chi connectivity index (χ2n) is 9.89. The van der Waals surface area contributed by atoms with Gasteiger partial charge < -0.3 is 25.2 Å². The molecule has 1 fully saturated rings. The van der Waals surface area contributed by atoms with Gasteiger partial charge in [0, 0.05) is 31.3 Å². The Morgan fingerprint density at radius 3 is 2.41 bits per heavy atom. The Bertz CT molecular complexity index is 1360. The highest BCUT2D eigenvalue weighted by Gasteiger charge is 2.26. The number of ether oxygens (including phenoxy) is 2. The Labute approximate surface area is 225 Å². The maximum atomic E-state index is 14.8. The average Bonchev–Trinajstić information content (AvgIpc) is 3.45. The van der Waals surface area contributed by atoms with Crippen LogP contribution in [-0.2, 0) is 11.3 Å². The largest absolute Gasteiger partial charge is 0.479 e. The Morgan fingerprint density at radius 1 is 1.03 bits per heavy atom. The number of carbonyl (C=O) groups is 2. The normalized spacial score (nSPS) is 13.9. The van der Waals surface area contributed by atoms with Crippen LogP contribution in [0.1, 0.15) is 49.0 Å². The summed E-state index contributed by atoms with van der Waals surface area (Å²) in [6.45, 7) is 5.18. The summed E-state index contributed by atoms with van der Waals surface area (Å²) in [7, 11) is 0. The molecule has 1 saturated heterocycles. The predicted octanol–water partition coefficient (Wildman–Crippen LogP) is 5.39. The highest BCUT2D eigenvalue weighted by Crippen LogP contribution is 2.33. The zero-order valence-electron chi connectivity index (χ0n) is 21.8. The fourth-order valence-corrected chi connectivity index (χ4v) is 4.39. The molecule has 2 aromatic carbocycles. The summed E-state index contributed by atoms with van der Waals surface area (Å²) in [6, 6.07) is 12.8. The van der Waals surface area contributed by atoms with Crippen LogP contribution in [-0.4, -0.2) is 46.1 Å². The molecule has 1 aliphatic rings. The molecule has 0 spiro atoms. The van der Waals surface area contributed by atoms with Crippen LogP contribution in [0.25, 0.3) is 11.1 Å². The number of carboxylic acid groups (broad SMARTS) is 1. The molecule has 1 amide bonds. The first kappa shape index (κ1) is 28.0.